The number of aromatic carboxylic acids is 1. The summed E-state index contributed by atoms with van der Waals surface area (Å²) in [4.78, 5) is 81.8. The number of azo groups is 2. The van der Waals surface area contributed by atoms with Gasteiger partial charge in [-0.1, -0.05) is 11.3 Å². The normalized spacial score (nSPS) is 18.6. The van der Waals surface area contributed by atoms with E-state index in [0.29, 0.717) is 143 Å². The van der Waals surface area contributed by atoms with Gasteiger partial charge in [-0.2, -0.15) is 10.2 Å². The number of hydrogen-bond acceptors (Lipinski definition) is 25. The number of benzene rings is 6. The Hall–Kier alpha value is -11.8. The minimum Gasteiger partial charge on any atom is -0.494 e. The van der Waals surface area contributed by atoms with Crippen LogP contribution in [0.2, 0.25) is 0 Å². The Kier molecular flexibility index (Phi) is 29.5. The smallest absolute Gasteiger partial charge is 0.407 e. The zero-order valence-corrected chi connectivity index (χ0v) is 65.3. The molecule has 3 aliphatic carbocycles. The molecule has 1 saturated heterocycles. The van der Waals surface area contributed by atoms with Gasteiger partial charge >= 0.3 is 12.1 Å². The summed E-state index contributed by atoms with van der Waals surface area (Å²) in [5.41, 5.74) is 5.85. The van der Waals surface area contributed by atoms with Gasteiger partial charge in [-0.15, -0.1) is 27.2 Å². The van der Waals surface area contributed by atoms with E-state index in [2.05, 4.69) is 63.9 Å². The van der Waals surface area contributed by atoms with Crippen LogP contribution in [0.25, 0.3) is 33.4 Å². The molecule has 1 saturated carbocycles. The van der Waals surface area contributed by atoms with Gasteiger partial charge in [0.25, 0.3) is 11.6 Å². The first-order valence-electron chi connectivity index (χ1n) is 38.2. The minimum atomic E-state index is -1.62. The number of non-ortho nitro benzene ring substituents is 1. The number of fused-ring (bicyclic) bond motifs is 3. The molecule has 33 heteroatoms. The van der Waals surface area contributed by atoms with Crippen LogP contribution in [0, 0.1) is 39.7 Å². The number of aliphatic hydroxyl groups is 3. The zero-order chi connectivity index (χ0) is 81.7. The lowest BCUT2D eigenvalue weighted by molar-refractivity contribution is -0.384. The van der Waals surface area contributed by atoms with Crippen molar-refractivity contribution in [1.82, 2.24) is 40.8 Å². The lowest BCUT2D eigenvalue weighted by Crippen LogP contribution is -2.59. The average molecular weight is 1580 g/mol. The summed E-state index contributed by atoms with van der Waals surface area (Å²) in [5.74, 6) is 6.44. The van der Waals surface area contributed by atoms with Crippen molar-refractivity contribution in [1.29, 1.82) is 0 Å². The van der Waals surface area contributed by atoms with E-state index in [9.17, 15) is 54.5 Å². The first kappa shape index (κ1) is 84.1. The molecule has 33 nitrogen and oxygen atoms in total. The summed E-state index contributed by atoms with van der Waals surface area (Å²) in [6.07, 6.45) is 0.317. The highest BCUT2D eigenvalue weighted by atomic mass is 16.7. The molecule has 5 aliphatic rings. The third-order valence-electron chi connectivity index (χ3n) is 20.4. The van der Waals surface area contributed by atoms with Crippen LogP contribution in [-0.2, 0) is 41.7 Å². The van der Waals surface area contributed by atoms with E-state index in [-0.39, 0.29) is 75.0 Å². The number of rotatable bonds is 38. The van der Waals surface area contributed by atoms with Crippen LogP contribution in [0.15, 0.2) is 146 Å². The number of aliphatic hydroxyl groups excluding tert-OH is 3. The quantitative estimate of drug-likeness (QED) is 0.00339. The number of hydrogen-bond donors (Lipinski definition) is 8. The maximum atomic E-state index is 14.3. The molecule has 5 aromatic carbocycles. The van der Waals surface area contributed by atoms with Gasteiger partial charge in [0.2, 0.25) is 17.2 Å². The van der Waals surface area contributed by atoms with E-state index in [1.165, 1.54) is 44.6 Å². The number of anilines is 2. The van der Waals surface area contributed by atoms with Crippen molar-refractivity contribution in [2.24, 2.45) is 38.2 Å². The Balaban J connectivity index is 0.610. The van der Waals surface area contributed by atoms with Crippen LogP contribution in [0.3, 0.4) is 0 Å². The van der Waals surface area contributed by atoms with E-state index < -0.39 is 65.5 Å². The molecular formula is C82H98N15O18+. The maximum absolute atomic E-state index is 14.3. The van der Waals surface area contributed by atoms with Crippen LogP contribution in [-0.4, -0.2) is 202 Å². The molecular weight excluding hydrogens is 1480 g/mol. The Bertz CT molecular complexity index is 4880. The molecule has 9 atom stereocenters. The number of alkyl carbamates (subject to hydrolysis) is 1. The number of nitro benzene ring substituents is 1. The standard InChI is InChI=1S/C82H97N15O18/c1-93(2)56-30-33-61-68(42-56)114-69-43-57(94(3)4)31-34-62(69)74(61)60-32-21-50(41-63(60)80(104)105)78(102)86-65(19-12-13-35-85-82(106)113-48-64-58-17-10-8-9-11-18-59(58)64)79(103)84-36-15-39-96-46-53(89-92-96)47-111-49-72-75(99)76(100)77(101)81(115-72)112-40-16-37-83-73(98)20-14-38-95(5)54-26-22-51(23-27-54)87-90-66-44-71(110-7)67(45-70(66)109-6)91-88-52-24-28-55(29-25-52)97(107)108/h21-34,41-46,58-59,64-65,72,75-77,81,99-101H,10-20,35-40,47-49H2,1-7H3,(H4-,83,84,85,86,98,102,103,104,105,106)/p+1/t58-,59+,64?,65-,72-,75-,76+,77-,81-/m1/s1. The highest BCUT2D eigenvalue weighted by Crippen LogP contribution is 2.52. The highest BCUT2D eigenvalue weighted by Gasteiger charge is 2.49. The summed E-state index contributed by atoms with van der Waals surface area (Å²) in [5, 5.41) is 92.8. The topological polar surface area (TPSA) is 416 Å². The SMILES string of the molecule is COc1cc(N=Nc2ccc([N+](=O)[O-])cc2)c(OC)cc1N=Nc1ccc(N(C)CCCC(=O)NCCCO[C@@H]2O[C@H](COCc3cn(CCCNC(=O)[C@@H](CCCCNC(=O)OCC4[C@H]5CCC#CCC[C@@H]45)NC(=O)c4ccc(-c5c6ccc(=[N+](C)C)cc-6oc6cc(N(C)C)ccc56)c(C(=O)O)c4)nn3)[C@@H](O)[C@H](O)[C@H]2O)cc1. The summed E-state index contributed by atoms with van der Waals surface area (Å²) in [6.45, 7) is 1.68. The first-order valence-corrected chi connectivity index (χ1v) is 38.2. The van der Waals surface area contributed by atoms with Crippen molar-refractivity contribution in [3.63, 3.8) is 0 Å². The summed E-state index contributed by atoms with van der Waals surface area (Å²) < 4.78 is 44.1. The second-order valence-electron chi connectivity index (χ2n) is 28.8. The molecule has 11 rings (SSSR count). The van der Waals surface area contributed by atoms with Crippen molar-refractivity contribution in [3.05, 3.63) is 154 Å². The fourth-order valence-electron chi connectivity index (χ4n) is 13.9. The second kappa shape index (κ2) is 40.3. The molecule has 1 unspecified atom stereocenters. The first-order chi connectivity index (χ1) is 55.5. The number of methoxy groups -OCH3 is 2. The Morgan fingerprint density at radius 2 is 1.40 bits per heavy atom. The summed E-state index contributed by atoms with van der Waals surface area (Å²) in [7, 11) is 12.5. The largest absolute Gasteiger partial charge is 0.494 e. The molecule has 6 aromatic rings. The Morgan fingerprint density at radius 3 is 2.07 bits per heavy atom. The van der Waals surface area contributed by atoms with Gasteiger partial charge in [0.05, 0.1) is 74.8 Å². The van der Waals surface area contributed by atoms with E-state index in [1.54, 1.807) is 47.3 Å². The molecule has 3 heterocycles. The molecule has 608 valence electrons. The van der Waals surface area contributed by atoms with Crippen molar-refractivity contribution < 1.29 is 82.2 Å². The van der Waals surface area contributed by atoms with Gasteiger partial charge in [-0.05, 0) is 141 Å². The minimum absolute atomic E-state index is 0.0190. The monoisotopic (exact) mass is 1580 g/mol. The summed E-state index contributed by atoms with van der Waals surface area (Å²) >= 11 is 0. The maximum Gasteiger partial charge on any atom is 0.407 e. The summed E-state index contributed by atoms with van der Waals surface area (Å²) in [6, 6.07) is 31.0. The molecule has 4 amide bonds. The fraction of sp³-hybridized carbons (Fsp3) is 0.439. The Labute approximate surface area is 664 Å². The van der Waals surface area contributed by atoms with Gasteiger partial charge in [0.1, 0.15) is 84.5 Å². The van der Waals surface area contributed by atoms with E-state index in [0.717, 1.165) is 42.4 Å². The fourth-order valence-corrected chi connectivity index (χ4v) is 13.9. The number of aromatic nitrogens is 3. The number of carboxylic acid groups (broad SMARTS) is 1. The molecule has 2 fully saturated rings. The van der Waals surface area contributed by atoms with Gasteiger partial charge < -0.3 is 84.3 Å². The molecule has 115 heavy (non-hydrogen) atoms. The zero-order valence-electron chi connectivity index (χ0n) is 65.3. The third-order valence-corrected chi connectivity index (χ3v) is 20.4. The van der Waals surface area contributed by atoms with Gasteiger partial charge in [-0.25, -0.2) is 14.2 Å². The average Bonchev–Trinajstić information content (AvgIpc) is 0.997. The van der Waals surface area contributed by atoms with Gasteiger partial charge in [0.15, 0.2) is 6.29 Å². The number of carboxylic acids is 1. The van der Waals surface area contributed by atoms with E-state index in [4.69, 9.17) is 32.8 Å². The van der Waals surface area contributed by atoms with Gasteiger partial charge in [0, 0.05) is 143 Å². The second-order valence-corrected chi connectivity index (χ2v) is 28.8. The van der Waals surface area contributed by atoms with E-state index in [1.807, 2.05) is 98.1 Å². The van der Waals surface area contributed by atoms with Crippen molar-refractivity contribution >= 4 is 80.6 Å². The molecule has 0 bridgehead atoms. The predicted molar refractivity (Wildman–Crippen MR) is 425 cm³/mol. The number of carbonyl (C=O) groups excluding carboxylic acids is 4. The van der Waals surface area contributed by atoms with Crippen LogP contribution in [0.5, 0.6) is 11.5 Å². The van der Waals surface area contributed by atoms with Crippen molar-refractivity contribution in [3.8, 4) is 45.8 Å². The number of aryl methyl sites for hydroxylation is 1. The Morgan fingerprint density at radius 1 is 0.730 bits per heavy atom. The van der Waals surface area contributed by atoms with Gasteiger partial charge in [-0.3, -0.25) is 29.2 Å². The molecule has 8 N–H and O–H groups in total. The predicted octanol–water partition coefficient (Wildman–Crippen LogP) is 9.75. The van der Waals surface area contributed by atoms with Crippen LogP contribution in [0.1, 0.15) is 97.0 Å². The lowest BCUT2D eigenvalue weighted by atomic mass is 9.89. The van der Waals surface area contributed by atoms with Crippen molar-refractivity contribution in [2.45, 2.75) is 121 Å². The molecule has 1 aromatic heterocycles. The number of amides is 4. The lowest BCUT2D eigenvalue weighted by Gasteiger charge is -2.40. The van der Waals surface area contributed by atoms with Crippen LogP contribution >= 0.6 is 0 Å². The number of nitrogens with zero attached hydrogens (tertiary/aromatic N) is 11. The third kappa shape index (κ3) is 22.6. The number of unbranched alkanes of at least 4 members (excludes halogenated alkanes) is 1. The van der Waals surface area contributed by atoms with Crippen molar-refractivity contribution in [2.75, 3.05) is 105 Å². The van der Waals surface area contributed by atoms with Crippen LogP contribution in [0.4, 0.5) is 44.6 Å². The number of nitro groups is 1. The molecule has 2 aliphatic heterocycles. The van der Waals surface area contributed by atoms with E-state index >= 15 is 0 Å². The number of carbonyl (C=O) groups is 5. The molecule has 0 radical (unpaired) electrons. The number of ether oxygens (including phenoxy) is 6. The molecule has 0 spiro atoms. The highest BCUT2D eigenvalue weighted by molar-refractivity contribution is 6.09. The number of nitrogens with one attached hydrogen (secondary N) is 4. The van der Waals surface area contributed by atoms with Crippen LogP contribution < -0.4 is 50.5 Å².